The lowest BCUT2D eigenvalue weighted by molar-refractivity contribution is 0.464. The van der Waals surface area contributed by atoms with Crippen LogP contribution in [0.4, 0.5) is 5.95 Å². The Hall–Kier alpha value is -1.88. The first-order valence-electron chi connectivity index (χ1n) is 9.08. The maximum atomic E-state index is 11.6. The average Bonchev–Trinajstić information content (AvgIpc) is 3.28. The molecule has 0 unspecified atom stereocenters. The highest BCUT2D eigenvalue weighted by molar-refractivity contribution is 7.88. The van der Waals surface area contributed by atoms with E-state index >= 15 is 0 Å². The fraction of sp³-hybridized carbons (Fsp3) is 0.471. The summed E-state index contributed by atoms with van der Waals surface area (Å²) >= 11 is 12.5. The molecule has 9 nitrogen and oxygen atoms in total. The molecule has 12 heteroatoms. The third kappa shape index (κ3) is 5.00. The number of nitrogens with one attached hydrogen (secondary N) is 1. The lowest BCUT2D eigenvalue weighted by Crippen LogP contribution is -2.27. The number of anilines is 1. The van der Waals surface area contributed by atoms with Gasteiger partial charge in [0.05, 0.1) is 22.4 Å². The lowest BCUT2D eigenvalue weighted by atomic mass is 10.1. The average molecular weight is 460 g/mol. The van der Waals surface area contributed by atoms with Gasteiger partial charge in [0.1, 0.15) is 10.8 Å². The van der Waals surface area contributed by atoms with Crippen LogP contribution in [0.25, 0.3) is 11.0 Å². The van der Waals surface area contributed by atoms with E-state index < -0.39 is 10.0 Å². The number of aliphatic imine (C=N–C) groups is 1. The van der Waals surface area contributed by atoms with E-state index in [-0.39, 0.29) is 11.1 Å². The molecular formula is C17H23Cl2N7O2S. The molecule has 0 amide bonds. The number of allylic oxidation sites excluding steroid dienone is 1. The number of rotatable bonds is 7. The largest absolute Gasteiger partial charge is 0.403 e. The lowest BCUT2D eigenvalue weighted by Gasteiger charge is -2.12. The number of halogens is 2. The van der Waals surface area contributed by atoms with Gasteiger partial charge >= 0.3 is 0 Å². The molecule has 3 heterocycles. The molecule has 0 radical (unpaired) electrons. The van der Waals surface area contributed by atoms with Crippen molar-refractivity contribution >= 4 is 55.4 Å². The minimum atomic E-state index is -3.18. The molecule has 1 saturated heterocycles. The highest BCUT2D eigenvalue weighted by atomic mass is 35.5. The summed E-state index contributed by atoms with van der Waals surface area (Å²) in [5.74, 6) is 0.427. The Morgan fingerprint density at radius 2 is 2.28 bits per heavy atom. The van der Waals surface area contributed by atoms with Gasteiger partial charge in [-0.1, -0.05) is 23.2 Å². The second-order valence-corrected chi connectivity index (χ2v) is 9.55. The van der Waals surface area contributed by atoms with E-state index in [1.54, 1.807) is 12.4 Å². The molecule has 0 spiro atoms. The molecule has 2 aromatic rings. The number of aromatic nitrogens is 3. The first kappa shape index (κ1) is 21.8. The summed E-state index contributed by atoms with van der Waals surface area (Å²) < 4.78 is 26.6. The van der Waals surface area contributed by atoms with E-state index in [0.717, 1.165) is 11.8 Å². The minimum Gasteiger partial charge on any atom is -0.403 e. The Balaban J connectivity index is 1.70. The molecular weight excluding hydrogens is 437 g/mol. The van der Waals surface area contributed by atoms with Crippen molar-refractivity contribution in [3.8, 4) is 0 Å². The molecule has 0 saturated carbocycles. The topological polar surface area (TPSA) is 118 Å². The first-order valence-corrected chi connectivity index (χ1v) is 11.7. The highest BCUT2D eigenvalue weighted by Crippen LogP contribution is 2.25. The van der Waals surface area contributed by atoms with Crippen LogP contribution in [0.2, 0.25) is 5.02 Å². The van der Waals surface area contributed by atoms with Crippen molar-refractivity contribution in [1.82, 2.24) is 18.8 Å². The van der Waals surface area contributed by atoms with Crippen LogP contribution >= 0.6 is 23.2 Å². The summed E-state index contributed by atoms with van der Waals surface area (Å²) in [6.07, 6.45) is 6.69. The van der Waals surface area contributed by atoms with Gasteiger partial charge in [0.2, 0.25) is 16.0 Å². The Labute approximate surface area is 179 Å². The zero-order valence-electron chi connectivity index (χ0n) is 16.1. The van der Waals surface area contributed by atoms with Crippen LogP contribution < -0.4 is 11.1 Å². The fourth-order valence-electron chi connectivity index (χ4n) is 3.15. The van der Waals surface area contributed by atoms with E-state index in [9.17, 15) is 8.42 Å². The summed E-state index contributed by atoms with van der Waals surface area (Å²) in [6.45, 7) is 4.05. The van der Waals surface area contributed by atoms with Crippen LogP contribution in [0.1, 0.15) is 13.3 Å². The van der Waals surface area contributed by atoms with Gasteiger partial charge in [-0.3, -0.25) is 4.99 Å². The van der Waals surface area contributed by atoms with Crippen LogP contribution in [0.15, 0.2) is 29.3 Å². The maximum absolute atomic E-state index is 11.6. The third-order valence-corrected chi connectivity index (χ3v) is 6.64. The molecule has 0 aromatic carbocycles. The van der Waals surface area contributed by atoms with E-state index in [4.69, 9.17) is 28.9 Å². The van der Waals surface area contributed by atoms with Crippen LogP contribution in [-0.2, 0) is 16.6 Å². The monoisotopic (exact) mass is 459 g/mol. The van der Waals surface area contributed by atoms with Gasteiger partial charge in [0, 0.05) is 44.8 Å². The van der Waals surface area contributed by atoms with Gasteiger partial charge < -0.3 is 15.6 Å². The van der Waals surface area contributed by atoms with Gasteiger partial charge in [-0.2, -0.15) is 4.98 Å². The summed E-state index contributed by atoms with van der Waals surface area (Å²) in [6, 6.07) is 0. The van der Waals surface area contributed by atoms with Crippen LogP contribution in [0, 0.1) is 5.92 Å². The molecule has 158 valence electrons. The number of fused-ring (bicyclic) bond motifs is 1. The first-order chi connectivity index (χ1) is 13.7. The molecule has 1 aliphatic heterocycles. The van der Waals surface area contributed by atoms with Crippen LogP contribution in [0.3, 0.4) is 0 Å². The molecule has 3 N–H and O–H groups in total. The number of hydrogen-bond acceptors (Lipinski definition) is 7. The van der Waals surface area contributed by atoms with Gasteiger partial charge in [0.25, 0.3) is 0 Å². The predicted octanol–water partition coefficient (Wildman–Crippen LogP) is 2.24. The summed E-state index contributed by atoms with van der Waals surface area (Å²) in [5.41, 5.74) is 6.76. The van der Waals surface area contributed by atoms with Crippen LogP contribution in [0.5, 0.6) is 0 Å². The van der Waals surface area contributed by atoms with E-state index in [0.29, 0.717) is 48.5 Å². The number of nitrogens with two attached hydrogens (primary N) is 1. The van der Waals surface area contributed by atoms with Crippen molar-refractivity contribution in [3.05, 3.63) is 29.3 Å². The van der Waals surface area contributed by atoms with E-state index in [1.807, 2.05) is 11.5 Å². The number of aryl methyl sites for hydroxylation is 1. The smallest absolute Gasteiger partial charge is 0.229 e. The van der Waals surface area contributed by atoms with Crippen molar-refractivity contribution in [3.63, 3.8) is 0 Å². The fourth-order valence-corrected chi connectivity index (χ4v) is 4.50. The standard InChI is InChI=1S/C17H23Cl2N7O2S/c1-3-25-10-13(18)12-8-22-17(24-16(12)25)23-14(6-20)15(19)21-7-11-4-5-26(9-11)29(2,27)28/h6,8,10-11H,3-5,7,9,20H2,1-2H3,(H,22,23,24)/b14-6+,21-15?/t11-/m1/s1. The van der Waals surface area contributed by atoms with Crippen molar-refractivity contribution in [2.24, 2.45) is 16.6 Å². The summed E-state index contributed by atoms with van der Waals surface area (Å²) in [7, 11) is -3.18. The van der Waals surface area contributed by atoms with Crippen molar-refractivity contribution < 1.29 is 8.42 Å². The number of hydrogen-bond donors (Lipinski definition) is 2. The van der Waals surface area contributed by atoms with Crippen molar-refractivity contribution in [2.45, 2.75) is 19.9 Å². The summed E-state index contributed by atoms with van der Waals surface area (Å²) in [5, 5.41) is 4.50. The number of sulfonamides is 1. The second kappa shape index (κ2) is 8.86. The highest BCUT2D eigenvalue weighted by Gasteiger charge is 2.28. The zero-order chi connectivity index (χ0) is 21.2. The zero-order valence-corrected chi connectivity index (χ0v) is 18.5. The second-order valence-electron chi connectivity index (χ2n) is 6.81. The molecule has 2 aromatic heterocycles. The third-order valence-electron chi connectivity index (χ3n) is 4.75. The normalized spacial score (nSPS) is 19.2. The molecule has 1 atom stereocenters. The predicted molar refractivity (Wildman–Crippen MR) is 117 cm³/mol. The Morgan fingerprint density at radius 1 is 1.52 bits per heavy atom. The molecule has 0 bridgehead atoms. The van der Waals surface area contributed by atoms with Gasteiger partial charge in [0.15, 0.2) is 0 Å². The Morgan fingerprint density at radius 3 is 2.90 bits per heavy atom. The summed E-state index contributed by atoms with van der Waals surface area (Å²) in [4.78, 5) is 13.1. The number of nitrogens with zero attached hydrogens (tertiary/aromatic N) is 5. The Kier molecular flexibility index (Phi) is 6.67. The van der Waals surface area contributed by atoms with Crippen LogP contribution in [-0.4, -0.2) is 58.3 Å². The minimum absolute atomic E-state index is 0.111. The van der Waals surface area contributed by atoms with E-state index in [1.165, 1.54) is 16.8 Å². The maximum Gasteiger partial charge on any atom is 0.229 e. The van der Waals surface area contributed by atoms with E-state index in [2.05, 4.69) is 20.3 Å². The van der Waals surface area contributed by atoms with Gasteiger partial charge in [-0.05, 0) is 19.3 Å². The SMILES string of the molecule is CCn1cc(Cl)c2cnc(N/C(=C/N)C(Cl)=NC[C@H]3CCN(S(C)(=O)=O)C3)nc21. The molecule has 1 fully saturated rings. The quantitative estimate of drug-likeness (QED) is 0.612. The van der Waals surface area contributed by atoms with Crippen molar-refractivity contribution in [2.75, 3.05) is 31.2 Å². The molecule has 0 aliphatic carbocycles. The molecule has 3 rings (SSSR count). The molecule has 29 heavy (non-hydrogen) atoms. The van der Waals surface area contributed by atoms with Crippen molar-refractivity contribution in [1.29, 1.82) is 0 Å². The molecule has 1 aliphatic rings. The van der Waals surface area contributed by atoms with Gasteiger partial charge in [-0.25, -0.2) is 17.7 Å². The Bertz CT molecular complexity index is 1070. The van der Waals surface area contributed by atoms with Gasteiger partial charge in [-0.15, -0.1) is 0 Å².